The fraction of sp³-hybridized carbons (Fsp3) is 0.875. The van der Waals surface area contributed by atoms with Crippen LogP contribution in [0, 0.1) is 0 Å². The van der Waals surface area contributed by atoms with Crippen molar-refractivity contribution in [3.63, 3.8) is 0 Å². The highest BCUT2D eigenvalue weighted by Crippen LogP contribution is 2.14. The summed E-state index contributed by atoms with van der Waals surface area (Å²) in [6.07, 6.45) is -5.24. The van der Waals surface area contributed by atoms with E-state index >= 15 is 0 Å². The number of ether oxygens (including phenoxy) is 1. The van der Waals surface area contributed by atoms with Crippen LogP contribution in [-0.2, 0) is 9.53 Å². The van der Waals surface area contributed by atoms with Crippen molar-refractivity contribution in [3.8, 4) is 0 Å². The van der Waals surface area contributed by atoms with Crippen LogP contribution in [0.3, 0.4) is 0 Å². The van der Waals surface area contributed by atoms with Crippen molar-refractivity contribution < 1.29 is 35.1 Å². The molecule has 0 aromatic carbocycles. The third-order valence-electron chi connectivity index (χ3n) is 2.35. The Morgan fingerprint density at radius 2 is 2.00 bits per heavy atom. The maximum Gasteiger partial charge on any atom is 0.323 e. The maximum absolute atomic E-state index is 10.6. The van der Waals surface area contributed by atoms with E-state index in [0.717, 1.165) is 0 Å². The van der Waals surface area contributed by atoms with Gasteiger partial charge in [0.1, 0.15) is 30.6 Å². The average Bonchev–Trinajstić information content (AvgIpc) is 2.25. The number of carbonyl (C=O) groups is 1. The van der Waals surface area contributed by atoms with Gasteiger partial charge in [-0.3, -0.25) is 10.1 Å². The topological polar surface area (TPSA) is 139 Å². The monoisotopic (exact) mass is 237 g/mol. The van der Waals surface area contributed by atoms with E-state index in [1.807, 2.05) is 0 Å². The first-order valence-corrected chi connectivity index (χ1v) is 4.73. The normalized spacial score (nSPS) is 37.0. The molecule has 1 rings (SSSR count). The van der Waals surface area contributed by atoms with Gasteiger partial charge in [0.2, 0.25) is 0 Å². The molecule has 0 spiro atoms. The van der Waals surface area contributed by atoms with Crippen LogP contribution in [0.2, 0.25) is 0 Å². The molecule has 16 heavy (non-hydrogen) atoms. The summed E-state index contributed by atoms with van der Waals surface area (Å²) in [5.74, 6) is -1.31. The van der Waals surface area contributed by atoms with Crippen molar-refractivity contribution in [2.45, 2.75) is 30.6 Å². The summed E-state index contributed by atoms with van der Waals surface area (Å²) in [6, 6.07) is -1.30. The molecule has 1 aliphatic rings. The third-order valence-corrected chi connectivity index (χ3v) is 2.35. The summed E-state index contributed by atoms with van der Waals surface area (Å²) in [6.45, 7) is -0.909. The molecule has 1 aliphatic heterocycles. The van der Waals surface area contributed by atoms with Gasteiger partial charge in [-0.05, 0) is 0 Å². The Hall–Kier alpha value is -0.770. The number of carboxylic acid groups (broad SMARTS) is 1. The van der Waals surface area contributed by atoms with E-state index in [2.05, 4.69) is 5.32 Å². The van der Waals surface area contributed by atoms with Crippen molar-refractivity contribution in [1.82, 2.24) is 5.32 Å². The first-order valence-electron chi connectivity index (χ1n) is 4.73. The predicted molar refractivity (Wildman–Crippen MR) is 49.4 cm³/mol. The number of aliphatic hydroxyl groups is 4. The molecular weight excluding hydrogens is 222 g/mol. The Labute approximate surface area is 91.1 Å². The quantitative estimate of drug-likeness (QED) is 0.295. The number of aliphatic hydroxyl groups excluding tert-OH is 4. The van der Waals surface area contributed by atoms with Crippen LogP contribution in [0.25, 0.3) is 0 Å². The van der Waals surface area contributed by atoms with Crippen LogP contribution >= 0.6 is 0 Å². The van der Waals surface area contributed by atoms with Crippen LogP contribution < -0.4 is 5.32 Å². The van der Waals surface area contributed by atoms with E-state index in [4.69, 9.17) is 20.1 Å². The highest BCUT2D eigenvalue weighted by Gasteiger charge is 2.39. The van der Waals surface area contributed by atoms with Gasteiger partial charge in [-0.2, -0.15) is 0 Å². The fourth-order valence-corrected chi connectivity index (χ4v) is 1.35. The molecule has 0 radical (unpaired) electrons. The number of rotatable bonds is 4. The van der Waals surface area contributed by atoms with Crippen molar-refractivity contribution in [1.29, 1.82) is 0 Å². The number of hydrogen-bond donors (Lipinski definition) is 6. The molecule has 5 atom stereocenters. The zero-order valence-corrected chi connectivity index (χ0v) is 8.35. The van der Waals surface area contributed by atoms with E-state index < -0.39 is 43.2 Å². The minimum Gasteiger partial charge on any atom is -0.480 e. The molecule has 1 heterocycles. The zero-order valence-electron chi connectivity index (χ0n) is 8.35. The van der Waals surface area contributed by atoms with Crippen LogP contribution in [0.1, 0.15) is 0 Å². The van der Waals surface area contributed by atoms with Gasteiger partial charge in [0.15, 0.2) is 0 Å². The largest absolute Gasteiger partial charge is 0.480 e. The Bertz CT molecular complexity index is 249. The average molecular weight is 237 g/mol. The molecule has 94 valence electrons. The lowest BCUT2D eigenvalue weighted by molar-refractivity contribution is -0.199. The highest BCUT2D eigenvalue weighted by molar-refractivity contribution is 5.73. The second-order valence-corrected chi connectivity index (χ2v) is 3.54. The van der Waals surface area contributed by atoms with Crippen molar-refractivity contribution >= 4 is 5.97 Å². The summed E-state index contributed by atoms with van der Waals surface area (Å²) in [4.78, 5) is 10.6. The maximum atomic E-state index is 10.6. The van der Waals surface area contributed by atoms with Gasteiger partial charge in [0, 0.05) is 0 Å². The molecular formula is C8H15NO7. The summed E-state index contributed by atoms with van der Waals surface area (Å²) in [7, 11) is 0. The minimum absolute atomic E-state index is 0.229. The van der Waals surface area contributed by atoms with Gasteiger partial charge in [0.05, 0.1) is 13.2 Å². The SMILES string of the molecule is O=C(O)[C@H](CO)N[C@@H]1OC[C@@H](O)[C@H](O)[C@H]1O. The van der Waals surface area contributed by atoms with Gasteiger partial charge < -0.3 is 30.3 Å². The predicted octanol–water partition coefficient (Wildman–Crippen LogP) is -3.54. The van der Waals surface area contributed by atoms with E-state index in [0.29, 0.717) is 0 Å². The van der Waals surface area contributed by atoms with Crippen LogP contribution in [0.4, 0.5) is 0 Å². The molecule has 0 aromatic rings. The Morgan fingerprint density at radius 3 is 2.50 bits per heavy atom. The lowest BCUT2D eigenvalue weighted by Crippen LogP contribution is -2.61. The number of hydrogen-bond acceptors (Lipinski definition) is 7. The summed E-state index contributed by atoms with van der Waals surface area (Å²) >= 11 is 0. The van der Waals surface area contributed by atoms with Crippen molar-refractivity contribution in [2.75, 3.05) is 13.2 Å². The van der Waals surface area contributed by atoms with Gasteiger partial charge >= 0.3 is 5.97 Å². The summed E-state index contributed by atoms with van der Waals surface area (Å²) in [5, 5.41) is 47.6. The first-order chi connectivity index (χ1) is 7.47. The number of nitrogens with one attached hydrogen (secondary N) is 1. The molecule has 0 aromatic heterocycles. The Balaban J connectivity index is 2.57. The highest BCUT2D eigenvalue weighted by atomic mass is 16.5. The summed E-state index contributed by atoms with van der Waals surface area (Å²) < 4.78 is 4.91. The number of aliphatic carboxylic acids is 1. The molecule has 6 N–H and O–H groups in total. The molecule has 0 saturated carbocycles. The van der Waals surface area contributed by atoms with Gasteiger partial charge in [-0.1, -0.05) is 0 Å². The van der Waals surface area contributed by atoms with E-state index in [1.165, 1.54) is 0 Å². The molecule has 0 amide bonds. The third kappa shape index (κ3) is 2.88. The van der Waals surface area contributed by atoms with Gasteiger partial charge in [-0.25, -0.2) is 0 Å². The van der Waals surface area contributed by atoms with Crippen LogP contribution in [0.5, 0.6) is 0 Å². The van der Waals surface area contributed by atoms with E-state index in [1.54, 1.807) is 0 Å². The minimum atomic E-state index is -1.46. The van der Waals surface area contributed by atoms with Crippen LogP contribution in [0.15, 0.2) is 0 Å². The summed E-state index contributed by atoms with van der Waals surface area (Å²) in [5.41, 5.74) is 0. The van der Waals surface area contributed by atoms with Gasteiger partial charge in [-0.15, -0.1) is 0 Å². The van der Waals surface area contributed by atoms with Gasteiger partial charge in [0.25, 0.3) is 0 Å². The van der Waals surface area contributed by atoms with E-state index in [9.17, 15) is 15.0 Å². The second kappa shape index (κ2) is 5.53. The Kier molecular flexibility index (Phi) is 4.59. The van der Waals surface area contributed by atoms with Crippen molar-refractivity contribution in [2.24, 2.45) is 0 Å². The zero-order chi connectivity index (χ0) is 12.3. The standard InChI is InChI=1S/C8H15NO7/c10-1-3(8(14)15)9-7-6(13)5(12)4(11)2-16-7/h3-7,9-13H,1-2H2,(H,14,15)/t3-,4+,5-,6+,7+/m0/s1. The lowest BCUT2D eigenvalue weighted by Gasteiger charge is -2.36. The molecule has 0 aliphatic carbocycles. The Morgan fingerprint density at radius 1 is 1.38 bits per heavy atom. The van der Waals surface area contributed by atoms with Crippen molar-refractivity contribution in [3.05, 3.63) is 0 Å². The molecule has 1 saturated heterocycles. The molecule has 1 fully saturated rings. The van der Waals surface area contributed by atoms with E-state index in [-0.39, 0.29) is 6.61 Å². The van der Waals surface area contributed by atoms with Crippen LogP contribution in [-0.4, -0.2) is 75.3 Å². The fourth-order valence-electron chi connectivity index (χ4n) is 1.35. The molecule has 0 bridgehead atoms. The molecule has 8 nitrogen and oxygen atoms in total. The molecule has 0 unspecified atom stereocenters. The first kappa shape index (κ1) is 13.3. The lowest BCUT2D eigenvalue weighted by atomic mass is 10.0. The molecule has 8 heteroatoms. The number of carboxylic acids is 1. The smallest absolute Gasteiger partial charge is 0.323 e. The second-order valence-electron chi connectivity index (χ2n) is 3.54.